The highest BCUT2D eigenvalue weighted by Gasteiger charge is 2.40. The Labute approximate surface area is 106 Å². The molecule has 0 radical (unpaired) electrons. The summed E-state index contributed by atoms with van der Waals surface area (Å²) in [6.45, 7) is 16.8. The second-order valence-electron chi connectivity index (χ2n) is 6.80. The molecule has 100 valence electrons. The van der Waals surface area contributed by atoms with Gasteiger partial charge in [-0.05, 0) is 33.1 Å². The Balaban J connectivity index is 2.97. The summed E-state index contributed by atoms with van der Waals surface area (Å²) >= 11 is 0. The number of hydrogen-bond acceptors (Lipinski definition) is 2. The molecule has 1 saturated heterocycles. The Bertz CT molecular complexity index is 278. The quantitative estimate of drug-likeness (QED) is 0.740. The van der Waals surface area contributed by atoms with E-state index in [1.54, 1.807) is 0 Å². The lowest BCUT2D eigenvalue weighted by Gasteiger charge is -2.49. The minimum atomic E-state index is 0.132. The van der Waals surface area contributed by atoms with Crippen molar-refractivity contribution in [1.82, 2.24) is 9.80 Å². The van der Waals surface area contributed by atoms with Gasteiger partial charge in [0.15, 0.2) is 0 Å². The first-order chi connectivity index (χ1) is 7.64. The molecule has 1 unspecified atom stereocenters. The molecule has 1 atom stereocenters. The molecule has 0 aromatic carbocycles. The molecule has 1 aliphatic heterocycles. The van der Waals surface area contributed by atoms with E-state index in [0.717, 1.165) is 6.54 Å². The van der Waals surface area contributed by atoms with Gasteiger partial charge in [0.05, 0.1) is 6.54 Å². The van der Waals surface area contributed by atoms with Gasteiger partial charge in [-0.1, -0.05) is 20.8 Å². The highest BCUT2D eigenvalue weighted by molar-refractivity contribution is 5.80. The molecule has 0 aromatic heterocycles. The van der Waals surface area contributed by atoms with Crippen molar-refractivity contribution in [2.45, 2.75) is 66.6 Å². The minimum absolute atomic E-state index is 0.132. The van der Waals surface area contributed by atoms with Gasteiger partial charge in [0, 0.05) is 24.7 Å². The Morgan fingerprint density at radius 2 is 1.65 bits per heavy atom. The van der Waals surface area contributed by atoms with Crippen LogP contribution in [0.25, 0.3) is 0 Å². The standard InChI is InChI=1S/C14H28N2O/c1-10(2)15-8-12(14(5,6)7)16(11(3)4)13(17)9-15/h10-12H,8-9H2,1-7H3. The molecule has 0 bridgehead atoms. The highest BCUT2D eigenvalue weighted by atomic mass is 16.2. The summed E-state index contributed by atoms with van der Waals surface area (Å²) in [5.74, 6) is 0.278. The van der Waals surface area contributed by atoms with Crippen molar-refractivity contribution in [3.05, 3.63) is 0 Å². The van der Waals surface area contributed by atoms with Gasteiger partial charge in [-0.2, -0.15) is 0 Å². The first kappa shape index (κ1) is 14.5. The van der Waals surface area contributed by atoms with Crippen LogP contribution in [0.1, 0.15) is 48.5 Å². The Hall–Kier alpha value is -0.570. The fourth-order valence-corrected chi connectivity index (χ4v) is 2.54. The Kier molecular flexibility index (Phi) is 4.23. The number of amides is 1. The van der Waals surface area contributed by atoms with Crippen molar-refractivity contribution >= 4 is 5.91 Å². The van der Waals surface area contributed by atoms with Crippen LogP contribution in [-0.2, 0) is 4.79 Å². The molecule has 3 heteroatoms. The summed E-state index contributed by atoms with van der Waals surface area (Å²) in [4.78, 5) is 16.7. The van der Waals surface area contributed by atoms with Gasteiger partial charge in [0.25, 0.3) is 0 Å². The molecular formula is C14H28N2O. The van der Waals surface area contributed by atoms with Gasteiger partial charge < -0.3 is 4.90 Å². The van der Waals surface area contributed by atoms with Crippen molar-refractivity contribution in [2.24, 2.45) is 5.41 Å². The maximum absolute atomic E-state index is 12.3. The lowest BCUT2D eigenvalue weighted by Crippen LogP contribution is -2.63. The lowest BCUT2D eigenvalue weighted by molar-refractivity contribution is -0.147. The van der Waals surface area contributed by atoms with E-state index in [0.29, 0.717) is 24.7 Å². The van der Waals surface area contributed by atoms with Gasteiger partial charge in [-0.15, -0.1) is 0 Å². The van der Waals surface area contributed by atoms with E-state index in [1.165, 1.54) is 0 Å². The molecule has 3 nitrogen and oxygen atoms in total. The molecule has 1 fully saturated rings. The lowest BCUT2D eigenvalue weighted by atomic mass is 9.83. The first-order valence-corrected chi connectivity index (χ1v) is 6.69. The molecular weight excluding hydrogens is 212 g/mol. The summed E-state index contributed by atoms with van der Waals surface area (Å²) < 4.78 is 0. The Morgan fingerprint density at radius 1 is 1.12 bits per heavy atom. The molecule has 0 spiro atoms. The second-order valence-corrected chi connectivity index (χ2v) is 6.80. The fraction of sp³-hybridized carbons (Fsp3) is 0.929. The van der Waals surface area contributed by atoms with Crippen LogP contribution in [0, 0.1) is 5.41 Å². The van der Waals surface area contributed by atoms with Crippen LogP contribution in [0.15, 0.2) is 0 Å². The molecule has 0 N–H and O–H groups in total. The SMILES string of the molecule is CC(C)N1CC(=O)N(C(C)C)C(C(C)(C)C)C1. The topological polar surface area (TPSA) is 23.6 Å². The molecule has 0 aromatic rings. The molecule has 0 saturated carbocycles. The normalized spacial score (nSPS) is 23.9. The van der Waals surface area contributed by atoms with E-state index in [-0.39, 0.29) is 11.3 Å². The predicted molar refractivity (Wildman–Crippen MR) is 71.9 cm³/mol. The minimum Gasteiger partial charge on any atom is -0.334 e. The van der Waals surface area contributed by atoms with E-state index < -0.39 is 0 Å². The predicted octanol–water partition coefficient (Wildman–Crippen LogP) is 2.36. The van der Waals surface area contributed by atoms with Crippen LogP contribution in [0.4, 0.5) is 0 Å². The maximum atomic E-state index is 12.3. The Morgan fingerprint density at radius 3 is 2.00 bits per heavy atom. The van der Waals surface area contributed by atoms with E-state index in [1.807, 2.05) is 0 Å². The first-order valence-electron chi connectivity index (χ1n) is 6.69. The van der Waals surface area contributed by atoms with Crippen LogP contribution in [-0.4, -0.2) is 46.9 Å². The molecule has 1 aliphatic rings. The maximum Gasteiger partial charge on any atom is 0.237 e. The monoisotopic (exact) mass is 240 g/mol. The van der Waals surface area contributed by atoms with Gasteiger partial charge in [0.2, 0.25) is 5.91 Å². The van der Waals surface area contributed by atoms with E-state index >= 15 is 0 Å². The summed E-state index contributed by atoms with van der Waals surface area (Å²) in [5, 5.41) is 0. The number of hydrogen-bond donors (Lipinski definition) is 0. The van der Waals surface area contributed by atoms with Crippen LogP contribution in [0.5, 0.6) is 0 Å². The summed E-state index contributed by atoms with van der Waals surface area (Å²) in [7, 11) is 0. The zero-order valence-corrected chi connectivity index (χ0v) is 12.4. The van der Waals surface area contributed by atoms with Gasteiger partial charge in [0.1, 0.15) is 0 Å². The van der Waals surface area contributed by atoms with E-state index in [9.17, 15) is 4.79 Å². The molecule has 0 aliphatic carbocycles. The van der Waals surface area contributed by atoms with Crippen LogP contribution in [0.3, 0.4) is 0 Å². The summed E-state index contributed by atoms with van der Waals surface area (Å²) in [5.41, 5.74) is 0.132. The van der Waals surface area contributed by atoms with Crippen molar-refractivity contribution < 1.29 is 4.79 Å². The number of rotatable bonds is 2. The van der Waals surface area contributed by atoms with Crippen molar-refractivity contribution in [3.63, 3.8) is 0 Å². The van der Waals surface area contributed by atoms with E-state index in [4.69, 9.17) is 0 Å². The number of nitrogens with zero attached hydrogens (tertiary/aromatic N) is 2. The third-order valence-electron chi connectivity index (χ3n) is 3.66. The van der Waals surface area contributed by atoms with Crippen molar-refractivity contribution in [1.29, 1.82) is 0 Å². The summed E-state index contributed by atoms with van der Waals surface area (Å²) in [6, 6.07) is 1.05. The van der Waals surface area contributed by atoms with Gasteiger partial charge in [-0.25, -0.2) is 0 Å². The third kappa shape index (κ3) is 3.21. The average molecular weight is 240 g/mol. The zero-order valence-electron chi connectivity index (χ0n) is 12.4. The van der Waals surface area contributed by atoms with Crippen LogP contribution >= 0.6 is 0 Å². The van der Waals surface area contributed by atoms with Crippen LogP contribution < -0.4 is 0 Å². The van der Waals surface area contributed by atoms with Gasteiger partial charge >= 0.3 is 0 Å². The number of carbonyl (C=O) groups excluding carboxylic acids is 1. The molecule has 1 heterocycles. The van der Waals surface area contributed by atoms with Crippen molar-refractivity contribution in [3.8, 4) is 0 Å². The largest absolute Gasteiger partial charge is 0.334 e. The summed E-state index contributed by atoms with van der Waals surface area (Å²) in [6.07, 6.45) is 0. The second kappa shape index (κ2) is 4.97. The van der Waals surface area contributed by atoms with Crippen molar-refractivity contribution in [2.75, 3.05) is 13.1 Å². The van der Waals surface area contributed by atoms with E-state index in [2.05, 4.69) is 58.3 Å². The zero-order chi connectivity index (χ0) is 13.4. The smallest absolute Gasteiger partial charge is 0.237 e. The number of carbonyl (C=O) groups is 1. The molecule has 1 rings (SSSR count). The highest BCUT2D eigenvalue weighted by Crippen LogP contribution is 2.30. The number of piperazine rings is 1. The van der Waals surface area contributed by atoms with Gasteiger partial charge in [-0.3, -0.25) is 9.69 Å². The fourth-order valence-electron chi connectivity index (χ4n) is 2.54. The molecule has 17 heavy (non-hydrogen) atoms. The average Bonchev–Trinajstić information content (AvgIpc) is 2.14. The third-order valence-corrected chi connectivity index (χ3v) is 3.66. The molecule has 1 amide bonds. The van der Waals surface area contributed by atoms with Crippen LogP contribution in [0.2, 0.25) is 0 Å².